The summed E-state index contributed by atoms with van der Waals surface area (Å²) in [6, 6.07) is 3.35. The molecule has 23 heavy (non-hydrogen) atoms. The lowest BCUT2D eigenvalue weighted by Gasteiger charge is -2.11. The van der Waals surface area contributed by atoms with Crippen molar-refractivity contribution < 1.29 is 35.8 Å². The van der Waals surface area contributed by atoms with Crippen molar-refractivity contribution in [2.24, 2.45) is 0 Å². The standard InChI is InChI=1S/C12H10NO8S2/c1-6(14)13-10-5-9-7(3-12(10)23(19,20)21)2-8(4-11(9)15)22(16,17)18/h2-5H,1H3,(H,13,14)(H,16,17,18)(H,19,20,21). The van der Waals surface area contributed by atoms with Crippen molar-refractivity contribution in [2.75, 3.05) is 5.32 Å². The van der Waals surface area contributed by atoms with E-state index in [9.17, 15) is 31.3 Å². The lowest BCUT2D eigenvalue weighted by molar-refractivity contribution is -0.114. The van der Waals surface area contributed by atoms with Gasteiger partial charge in [-0.3, -0.25) is 19.0 Å². The van der Waals surface area contributed by atoms with Gasteiger partial charge in [0.15, 0.2) is 5.75 Å². The van der Waals surface area contributed by atoms with Crippen LogP contribution in [0.25, 0.3) is 10.8 Å². The summed E-state index contributed by atoms with van der Waals surface area (Å²) in [5, 5.41) is 13.9. The van der Waals surface area contributed by atoms with Crippen molar-refractivity contribution in [3.8, 4) is 5.75 Å². The number of rotatable bonds is 3. The van der Waals surface area contributed by atoms with Gasteiger partial charge in [-0.05, 0) is 23.6 Å². The highest BCUT2D eigenvalue weighted by atomic mass is 32.2. The Morgan fingerprint density at radius 2 is 1.61 bits per heavy atom. The number of fused-ring (bicyclic) bond motifs is 1. The van der Waals surface area contributed by atoms with Gasteiger partial charge in [-0.25, -0.2) is 0 Å². The SMILES string of the molecule is CC(=O)Nc1cc2c([O])cc(S(=O)(=O)O)cc2cc1S(=O)(=O)O. The summed E-state index contributed by atoms with van der Waals surface area (Å²) in [4.78, 5) is 9.69. The summed E-state index contributed by atoms with van der Waals surface area (Å²) in [7, 11) is -9.44. The first kappa shape index (κ1) is 17.1. The Labute approximate surface area is 131 Å². The summed E-state index contributed by atoms with van der Waals surface area (Å²) in [5.74, 6) is -1.46. The molecule has 3 N–H and O–H groups in total. The molecule has 0 fully saturated rings. The van der Waals surface area contributed by atoms with Crippen LogP contribution < -0.4 is 5.32 Å². The monoisotopic (exact) mass is 360 g/mol. The van der Waals surface area contributed by atoms with E-state index in [4.69, 9.17) is 4.55 Å². The number of carbonyl (C=O) groups excluding carboxylic acids is 1. The van der Waals surface area contributed by atoms with Crippen molar-refractivity contribution in [2.45, 2.75) is 16.7 Å². The molecule has 9 nitrogen and oxygen atoms in total. The zero-order valence-electron chi connectivity index (χ0n) is 11.5. The van der Waals surface area contributed by atoms with Gasteiger partial charge in [-0.15, -0.1) is 0 Å². The molecule has 0 bridgehead atoms. The number of amides is 1. The number of anilines is 1. The van der Waals surface area contributed by atoms with E-state index in [0.29, 0.717) is 6.07 Å². The lowest BCUT2D eigenvalue weighted by Crippen LogP contribution is -2.11. The topological polar surface area (TPSA) is 158 Å². The first-order chi connectivity index (χ1) is 10.4. The van der Waals surface area contributed by atoms with E-state index < -0.39 is 41.7 Å². The van der Waals surface area contributed by atoms with Crippen LogP contribution in [-0.4, -0.2) is 31.8 Å². The second kappa shape index (κ2) is 5.45. The molecule has 1 amide bonds. The maximum atomic E-state index is 11.9. The number of benzene rings is 2. The number of hydrogen-bond donors (Lipinski definition) is 3. The highest BCUT2D eigenvalue weighted by molar-refractivity contribution is 7.86. The largest absolute Gasteiger partial charge is 0.325 e. The van der Waals surface area contributed by atoms with Crippen LogP contribution in [0.4, 0.5) is 5.69 Å². The van der Waals surface area contributed by atoms with Crippen molar-refractivity contribution in [3.05, 3.63) is 24.3 Å². The average Bonchev–Trinajstić information content (AvgIpc) is 2.35. The van der Waals surface area contributed by atoms with Gasteiger partial charge in [0.05, 0.1) is 10.6 Å². The molecular weight excluding hydrogens is 350 g/mol. The van der Waals surface area contributed by atoms with E-state index in [0.717, 1.165) is 25.1 Å². The fourth-order valence-electron chi connectivity index (χ4n) is 1.98. The third-order valence-electron chi connectivity index (χ3n) is 2.87. The van der Waals surface area contributed by atoms with E-state index in [1.807, 2.05) is 0 Å². The minimum absolute atomic E-state index is 0.103. The van der Waals surface area contributed by atoms with Gasteiger partial charge in [-0.2, -0.15) is 16.8 Å². The van der Waals surface area contributed by atoms with E-state index >= 15 is 0 Å². The second-order valence-electron chi connectivity index (χ2n) is 4.62. The summed E-state index contributed by atoms with van der Waals surface area (Å²) in [6.07, 6.45) is 0. The normalized spacial score (nSPS) is 12.3. The maximum absolute atomic E-state index is 11.9. The Kier molecular flexibility index (Phi) is 4.07. The summed E-state index contributed by atoms with van der Waals surface area (Å²) >= 11 is 0. The van der Waals surface area contributed by atoms with Crippen LogP contribution in [-0.2, 0) is 30.1 Å². The van der Waals surface area contributed by atoms with E-state index in [1.165, 1.54) is 0 Å². The quantitative estimate of drug-likeness (QED) is 0.698. The molecule has 0 saturated heterocycles. The predicted molar refractivity (Wildman–Crippen MR) is 78.0 cm³/mol. The molecule has 2 aromatic carbocycles. The third-order valence-corrected chi connectivity index (χ3v) is 4.60. The summed E-state index contributed by atoms with van der Waals surface area (Å²) in [5.41, 5.74) is -0.329. The van der Waals surface area contributed by atoms with Crippen molar-refractivity contribution >= 4 is 42.6 Å². The number of hydrogen-bond acceptors (Lipinski definition) is 5. The first-order valence-corrected chi connectivity index (χ1v) is 8.79. The fraction of sp³-hybridized carbons (Fsp3) is 0.0833. The van der Waals surface area contributed by atoms with Gasteiger partial charge < -0.3 is 5.32 Å². The molecule has 0 saturated carbocycles. The molecule has 0 aliphatic carbocycles. The van der Waals surface area contributed by atoms with Gasteiger partial charge in [0.1, 0.15) is 4.90 Å². The first-order valence-electron chi connectivity index (χ1n) is 5.91. The molecule has 0 spiro atoms. The second-order valence-corrected chi connectivity index (χ2v) is 7.43. The molecule has 2 rings (SSSR count). The van der Waals surface area contributed by atoms with Crippen LogP contribution >= 0.6 is 0 Å². The molecule has 0 aliphatic rings. The molecule has 123 valence electrons. The Balaban J connectivity index is 2.90. The average molecular weight is 360 g/mol. The van der Waals surface area contributed by atoms with Crippen LogP contribution in [0.3, 0.4) is 0 Å². The van der Waals surface area contributed by atoms with Crippen LogP contribution in [0.15, 0.2) is 34.1 Å². The lowest BCUT2D eigenvalue weighted by atomic mass is 10.1. The molecule has 1 radical (unpaired) electrons. The fourth-order valence-corrected chi connectivity index (χ4v) is 3.18. The van der Waals surface area contributed by atoms with E-state index in [1.54, 1.807) is 0 Å². The molecule has 11 heteroatoms. The molecule has 0 heterocycles. The maximum Gasteiger partial charge on any atom is 0.296 e. The highest BCUT2D eigenvalue weighted by Crippen LogP contribution is 2.35. The minimum Gasteiger partial charge on any atom is -0.325 e. The van der Waals surface area contributed by atoms with Gasteiger partial charge in [-0.1, -0.05) is 0 Å². The van der Waals surface area contributed by atoms with E-state index in [-0.39, 0.29) is 16.5 Å². The molecule has 2 aromatic rings. The van der Waals surface area contributed by atoms with Crippen LogP contribution in [0.2, 0.25) is 0 Å². The van der Waals surface area contributed by atoms with Crippen molar-refractivity contribution in [3.63, 3.8) is 0 Å². The zero-order chi connectivity index (χ0) is 17.6. The molecular formula is C12H10NO8S2. The Morgan fingerprint density at radius 1 is 1.00 bits per heavy atom. The molecule has 0 aliphatic heterocycles. The highest BCUT2D eigenvalue weighted by Gasteiger charge is 2.21. The Morgan fingerprint density at radius 3 is 2.09 bits per heavy atom. The van der Waals surface area contributed by atoms with Gasteiger partial charge >= 0.3 is 0 Å². The van der Waals surface area contributed by atoms with Gasteiger partial charge in [0.2, 0.25) is 5.91 Å². The molecule has 0 aromatic heterocycles. The van der Waals surface area contributed by atoms with Crippen LogP contribution in [0, 0.1) is 0 Å². The third kappa shape index (κ3) is 3.59. The number of nitrogens with one attached hydrogen (secondary N) is 1. The minimum atomic E-state index is -4.76. The predicted octanol–water partition coefficient (Wildman–Crippen LogP) is 1.44. The van der Waals surface area contributed by atoms with Gasteiger partial charge in [0, 0.05) is 18.4 Å². The summed E-state index contributed by atoms with van der Waals surface area (Å²) in [6.45, 7) is 1.09. The van der Waals surface area contributed by atoms with Gasteiger partial charge in [0.25, 0.3) is 20.2 Å². The van der Waals surface area contributed by atoms with E-state index in [2.05, 4.69) is 5.32 Å². The van der Waals surface area contributed by atoms with Crippen LogP contribution in [0.1, 0.15) is 6.92 Å². The summed E-state index contributed by atoms with van der Waals surface area (Å²) < 4.78 is 63.2. The Bertz CT molecular complexity index is 1020. The van der Waals surface area contributed by atoms with Crippen molar-refractivity contribution in [1.29, 1.82) is 0 Å². The smallest absolute Gasteiger partial charge is 0.296 e. The van der Waals surface area contributed by atoms with Crippen molar-refractivity contribution in [1.82, 2.24) is 0 Å². The zero-order valence-corrected chi connectivity index (χ0v) is 13.1. The number of carbonyl (C=O) groups is 1. The molecule has 0 atom stereocenters. The Hall–Kier alpha value is -2.21. The molecule has 0 unspecified atom stereocenters. The van der Waals surface area contributed by atoms with Crippen LogP contribution in [0.5, 0.6) is 5.75 Å².